The topological polar surface area (TPSA) is 20.2 Å². The maximum absolute atomic E-state index is 13.0. The van der Waals surface area contributed by atoms with Gasteiger partial charge in [0.1, 0.15) is 0 Å². The second-order valence-corrected chi connectivity index (χ2v) is 4.60. The Kier molecular flexibility index (Phi) is 7.24. The monoisotopic (exact) mass is 346 g/mol. The molecule has 0 amide bonds. The summed E-state index contributed by atoms with van der Waals surface area (Å²) in [4.78, 5) is 0. The highest BCUT2D eigenvalue weighted by molar-refractivity contribution is 5.10. The average molecular weight is 346 g/mol. The number of allylic oxidation sites excluding steroid dienone is 2. The molecule has 0 saturated carbocycles. The molecule has 0 saturated heterocycles. The molecule has 0 heterocycles. The average Bonchev–Trinajstić information content (AvgIpc) is 2.35. The predicted molar refractivity (Wildman–Crippen MR) is 60.2 cm³/mol. The van der Waals surface area contributed by atoms with Crippen molar-refractivity contribution in [3.05, 3.63) is 12.2 Å². The van der Waals surface area contributed by atoms with Gasteiger partial charge in [-0.2, -0.15) is 39.5 Å². The number of unbranched alkanes of at least 4 members (excludes halogenated alkanes) is 4. The minimum atomic E-state index is -6.85. The van der Waals surface area contributed by atoms with Crippen LogP contribution in [0.3, 0.4) is 0 Å². The summed E-state index contributed by atoms with van der Waals surface area (Å²) < 4.78 is 112. The van der Waals surface area contributed by atoms with E-state index in [4.69, 9.17) is 5.11 Å². The lowest BCUT2D eigenvalue weighted by molar-refractivity contribution is -0.388. The molecular formula is C12H15F9O. The van der Waals surface area contributed by atoms with Gasteiger partial charge in [0.2, 0.25) is 0 Å². The van der Waals surface area contributed by atoms with Crippen LogP contribution in [0.1, 0.15) is 32.1 Å². The van der Waals surface area contributed by atoms with Crippen molar-refractivity contribution in [1.82, 2.24) is 0 Å². The van der Waals surface area contributed by atoms with Crippen LogP contribution in [0.15, 0.2) is 12.2 Å². The fourth-order valence-electron chi connectivity index (χ4n) is 1.45. The van der Waals surface area contributed by atoms with E-state index in [9.17, 15) is 39.5 Å². The first-order valence-corrected chi connectivity index (χ1v) is 6.30. The molecule has 10 heteroatoms. The molecule has 0 spiro atoms. The summed E-state index contributed by atoms with van der Waals surface area (Å²) in [6.45, 7) is -0.0767. The lowest BCUT2D eigenvalue weighted by Crippen LogP contribution is -2.60. The lowest BCUT2D eigenvalue weighted by Gasteiger charge is -2.32. The van der Waals surface area contributed by atoms with E-state index >= 15 is 0 Å². The Balaban J connectivity index is 4.77. The lowest BCUT2D eigenvalue weighted by atomic mass is 10.0. The smallest absolute Gasteiger partial charge is 0.396 e. The Hall–Kier alpha value is -0.930. The molecule has 0 rings (SSSR count). The number of rotatable bonds is 9. The summed E-state index contributed by atoms with van der Waals surface area (Å²) in [7, 11) is 0. The Bertz CT molecular complexity index is 360. The van der Waals surface area contributed by atoms with E-state index in [1.54, 1.807) is 0 Å². The number of aliphatic hydroxyl groups is 1. The van der Waals surface area contributed by atoms with Crippen LogP contribution in [0.2, 0.25) is 0 Å². The van der Waals surface area contributed by atoms with Gasteiger partial charge >= 0.3 is 23.9 Å². The van der Waals surface area contributed by atoms with Crippen LogP contribution < -0.4 is 0 Å². The molecule has 0 aliphatic rings. The molecule has 0 aromatic heterocycles. The van der Waals surface area contributed by atoms with Crippen molar-refractivity contribution >= 4 is 0 Å². The normalized spacial score (nSPS) is 14.8. The number of halogens is 9. The van der Waals surface area contributed by atoms with Gasteiger partial charge in [0, 0.05) is 6.61 Å². The molecule has 0 atom stereocenters. The molecule has 0 radical (unpaired) electrons. The van der Waals surface area contributed by atoms with Gasteiger partial charge < -0.3 is 5.11 Å². The van der Waals surface area contributed by atoms with Crippen molar-refractivity contribution in [2.45, 2.75) is 56.0 Å². The van der Waals surface area contributed by atoms with Crippen molar-refractivity contribution < 1.29 is 44.6 Å². The number of hydrogen-bond donors (Lipinski definition) is 1. The summed E-state index contributed by atoms with van der Waals surface area (Å²) in [5.74, 6) is -19.1. The van der Waals surface area contributed by atoms with Crippen LogP contribution in [-0.4, -0.2) is 35.7 Å². The van der Waals surface area contributed by atoms with E-state index in [1.165, 1.54) is 0 Å². The summed E-state index contributed by atoms with van der Waals surface area (Å²) >= 11 is 0. The molecule has 0 bridgehead atoms. The first kappa shape index (κ1) is 21.1. The molecule has 0 aromatic rings. The van der Waals surface area contributed by atoms with Gasteiger partial charge in [-0.25, -0.2) is 0 Å². The van der Waals surface area contributed by atoms with Gasteiger partial charge in [0.05, 0.1) is 0 Å². The van der Waals surface area contributed by atoms with E-state index in [0.29, 0.717) is 25.3 Å². The molecule has 22 heavy (non-hydrogen) atoms. The van der Waals surface area contributed by atoms with Gasteiger partial charge in [-0.1, -0.05) is 18.9 Å². The fraction of sp³-hybridized carbons (Fsp3) is 0.833. The van der Waals surface area contributed by atoms with Crippen LogP contribution in [0.5, 0.6) is 0 Å². The van der Waals surface area contributed by atoms with Gasteiger partial charge in [-0.15, -0.1) is 0 Å². The second kappa shape index (κ2) is 7.56. The van der Waals surface area contributed by atoms with Crippen LogP contribution in [0.25, 0.3) is 0 Å². The molecule has 0 aromatic carbocycles. The highest BCUT2D eigenvalue weighted by Crippen LogP contribution is 2.53. The predicted octanol–water partition coefficient (Wildman–Crippen LogP) is 4.95. The van der Waals surface area contributed by atoms with Crippen molar-refractivity contribution in [3.8, 4) is 0 Å². The SMILES string of the molecule is OCCCCCCC=CC(F)(F)C(F)(F)C(F)(F)C(F)(F)F. The summed E-state index contributed by atoms with van der Waals surface area (Å²) in [6, 6.07) is 0. The third-order valence-electron chi connectivity index (χ3n) is 2.78. The van der Waals surface area contributed by atoms with E-state index in [1.807, 2.05) is 0 Å². The van der Waals surface area contributed by atoms with Gasteiger partial charge in [0.15, 0.2) is 0 Å². The van der Waals surface area contributed by atoms with Gasteiger partial charge in [0.25, 0.3) is 0 Å². The molecule has 1 nitrogen and oxygen atoms in total. The molecule has 0 unspecified atom stereocenters. The van der Waals surface area contributed by atoms with Crippen molar-refractivity contribution in [2.24, 2.45) is 0 Å². The molecule has 1 N–H and O–H groups in total. The van der Waals surface area contributed by atoms with Crippen molar-refractivity contribution in [3.63, 3.8) is 0 Å². The number of alkyl halides is 9. The van der Waals surface area contributed by atoms with E-state index in [2.05, 4.69) is 0 Å². The van der Waals surface area contributed by atoms with Crippen molar-refractivity contribution in [1.29, 1.82) is 0 Å². The first-order chi connectivity index (χ1) is 9.81. The highest BCUT2D eigenvalue weighted by atomic mass is 19.4. The summed E-state index contributed by atoms with van der Waals surface area (Å²) in [6.07, 6.45) is -5.46. The highest BCUT2D eigenvalue weighted by Gasteiger charge is 2.81. The third kappa shape index (κ3) is 4.79. The molecule has 0 fully saturated rings. The Morgan fingerprint density at radius 3 is 1.64 bits per heavy atom. The summed E-state index contributed by atoms with van der Waals surface area (Å²) in [5, 5.41) is 8.45. The Morgan fingerprint density at radius 1 is 0.682 bits per heavy atom. The van der Waals surface area contributed by atoms with Crippen LogP contribution in [0, 0.1) is 0 Å². The third-order valence-corrected chi connectivity index (χ3v) is 2.78. The summed E-state index contributed by atoms with van der Waals surface area (Å²) in [5.41, 5.74) is 0. The van der Waals surface area contributed by atoms with Crippen LogP contribution >= 0.6 is 0 Å². The minimum Gasteiger partial charge on any atom is -0.396 e. The zero-order valence-corrected chi connectivity index (χ0v) is 11.2. The quantitative estimate of drug-likeness (QED) is 0.356. The Morgan fingerprint density at radius 2 is 1.18 bits per heavy atom. The van der Waals surface area contributed by atoms with Crippen LogP contribution in [0.4, 0.5) is 39.5 Å². The molecule has 0 aliphatic heterocycles. The molecule has 0 aliphatic carbocycles. The first-order valence-electron chi connectivity index (χ1n) is 6.30. The number of aliphatic hydroxyl groups excluding tert-OH is 1. The molecular weight excluding hydrogens is 331 g/mol. The van der Waals surface area contributed by atoms with Crippen molar-refractivity contribution in [2.75, 3.05) is 6.61 Å². The van der Waals surface area contributed by atoms with Gasteiger partial charge in [-0.05, 0) is 25.3 Å². The van der Waals surface area contributed by atoms with Gasteiger partial charge in [-0.3, -0.25) is 0 Å². The minimum absolute atomic E-state index is 0.0767. The van der Waals surface area contributed by atoms with E-state index in [0.717, 1.165) is 0 Å². The maximum Gasteiger partial charge on any atom is 0.460 e. The largest absolute Gasteiger partial charge is 0.460 e. The van der Waals surface area contributed by atoms with E-state index < -0.39 is 30.0 Å². The molecule has 132 valence electrons. The zero-order chi connectivity index (χ0) is 17.7. The fourth-order valence-corrected chi connectivity index (χ4v) is 1.45. The zero-order valence-electron chi connectivity index (χ0n) is 11.2. The Labute approximate surface area is 120 Å². The number of hydrogen-bond acceptors (Lipinski definition) is 1. The standard InChI is InChI=1S/C12H15F9O/c13-9(14,7-5-3-1-2-4-6-8-22)10(15,16)11(17,18)12(19,20)21/h5,7,22H,1-4,6,8H2. The van der Waals surface area contributed by atoms with E-state index in [-0.39, 0.29) is 19.4 Å². The maximum atomic E-state index is 13.0. The van der Waals surface area contributed by atoms with Crippen LogP contribution in [-0.2, 0) is 0 Å². The second-order valence-electron chi connectivity index (χ2n) is 4.60.